The van der Waals surface area contributed by atoms with Gasteiger partial charge in [-0.15, -0.1) is 5.92 Å². The molecule has 1 aromatic carbocycles. The number of fused-ring (bicyclic) bond motifs is 1. The Kier molecular flexibility index (Phi) is 7.04. The van der Waals surface area contributed by atoms with E-state index >= 15 is 0 Å². The van der Waals surface area contributed by atoms with Crippen molar-refractivity contribution in [1.82, 2.24) is 24.4 Å². The molecule has 174 valence electrons. The second-order valence-corrected chi connectivity index (χ2v) is 8.51. The van der Waals surface area contributed by atoms with E-state index in [0.29, 0.717) is 42.4 Å². The summed E-state index contributed by atoms with van der Waals surface area (Å²) in [6.45, 7) is 8.66. The molecule has 2 heterocycles. The summed E-state index contributed by atoms with van der Waals surface area (Å²) in [5.41, 5.74) is 6.51. The van der Waals surface area contributed by atoms with Crippen molar-refractivity contribution in [2.45, 2.75) is 39.8 Å². The monoisotopic (exact) mass is 450 g/mol. The van der Waals surface area contributed by atoms with Crippen LogP contribution in [0.25, 0.3) is 11.2 Å². The van der Waals surface area contributed by atoms with Crippen molar-refractivity contribution in [1.29, 1.82) is 0 Å². The molecule has 0 spiro atoms. The molecule has 0 aliphatic heterocycles. The highest BCUT2D eigenvalue weighted by Gasteiger charge is 2.21. The minimum Gasteiger partial charge on any atom is -0.354 e. The van der Waals surface area contributed by atoms with Gasteiger partial charge < -0.3 is 21.7 Å². The first-order valence-corrected chi connectivity index (χ1v) is 10.7. The number of benzene rings is 1. The standard InChI is InChI=1S/C23H30N8O2/c1-6-7-14-31-17-18(27-21(31)25-13-12-24)28-22(30(5)20(17)33)26-16-11-9-8-10-15(16)19(32)29-23(2,3)4/h8-11H,12-14,24H2,1-5H3,(H,25,27)(H,26,28)(H,29,32). The number of rotatable bonds is 7. The van der Waals surface area contributed by atoms with Gasteiger partial charge in [0.1, 0.15) is 0 Å². The van der Waals surface area contributed by atoms with E-state index in [1.165, 1.54) is 4.57 Å². The Bertz CT molecular complexity index is 1290. The fraction of sp³-hybridized carbons (Fsp3) is 0.391. The van der Waals surface area contributed by atoms with Crippen LogP contribution in [0.4, 0.5) is 17.6 Å². The first-order chi connectivity index (χ1) is 15.7. The van der Waals surface area contributed by atoms with Gasteiger partial charge >= 0.3 is 0 Å². The van der Waals surface area contributed by atoms with E-state index in [1.54, 1.807) is 42.8 Å². The first kappa shape index (κ1) is 23.8. The quantitative estimate of drug-likeness (QED) is 0.404. The van der Waals surface area contributed by atoms with E-state index in [9.17, 15) is 9.59 Å². The molecule has 0 bridgehead atoms. The van der Waals surface area contributed by atoms with Crippen LogP contribution in [-0.2, 0) is 13.6 Å². The third-order valence-corrected chi connectivity index (χ3v) is 4.73. The van der Waals surface area contributed by atoms with Gasteiger partial charge in [-0.3, -0.25) is 18.7 Å². The van der Waals surface area contributed by atoms with Gasteiger partial charge in [0.25, 0.3) is 11.5 Å². The van der Waals surface area contributed by atoms with Crippen molar-refractivity contribution >= 4 is 34.7 Å². The number of imidazole rings is 1. The average Bonchev–Trinajstić information content (AvgIpc) is 3.10. The Hall–Kier alpha value is -3.84. The van der Waals surface area contributed by atoms with Crippen LogP contribution >= 0.6 is 0 Å². The summed E-state index contributed by atoms with van der Waals surface area (Å²) in [7, 11) is 1.62. The molecule has 10 nitrogen and oxygen atoms in total. The number of para-hydroxylation sites is 1. The number of nitrogens with two attached hydrogens (primary N) is 1. The van der Waals surface area contributed by atoms with Crippen molar-refractivity contribution in [3.05, 3.63) is 40.2 Å². The number of nitrogens with one attached hydrogen (secondary N) is 3. The average molecular weight is 451 g/mol. The van der Waals surface area contributed by atoms with Crippen molar-refractivity contribution in [3.63, 3.8) is 0 Å². The zero-order chi connectivity index (χ0) is 24.2. The van der Waals surface area contributed by atoms with Crippen molar-refractivity contribution < 1.29 is 4.79 Å². The minimum atomic E-state index is -0.393. The fourth-order valence-corrected chi connectivity index (χ4v) is 3.22. The van der Waals surface area contributed by atoms with Gasteiger partial charge in [-0.05, 0) is 39.8 Å². The summed E-state index contributed by atoms with van der Waals surface area (Å²) in [5, 5.41) is 9.20. The molecule has 1 amide bonds. The lowest BCUT2D eigenvalue weighted by Gasteiger charge is -2.21. The zero-order valence-corrected chi connectivity index (χ0v) is 19.6. The van der Waals surface area contributed by atoms with Gasteiger partial charge in [-0.1, -0.05) is 18.1 Å². The smallest absolute Gasteiger partial charge is 0.281 e. The lowest BCUT2D eigenvalue weighted by molar-refractivity contribution is 0.0920. The van der Waals surface area contributed by atoms with Gasteiger partial charge in [-0.2, -0.15) is 9.97 Å². The molecule has 33 heavy (non-hydrogen) atoms. The molecule has 0 saturated heterocycles. The number of hydrogen-bond acceptors (Lipinski definition) is 7. The van der Waals surface area contributed by atoms with Crippen LogP contribution in [0.1, 0.15) is 38.1 Å². The molecule has 0 radical (unpaired) electrons. The molecule has 2 aromatic heterocycles. The molecular formula is C23H30N8O2. The number of anilines is 3. The molecule has 0 saturated carbocycles. The van der Waals surface area contributed by atoms with Gasteiger partial charge in [0.15, 0.2) is 11.2 Å². The predicted octanol–water partition coefficient (Wildman–Crippen LogP) is 1.80. The molecule has 0 aliphatic carbocycles. The summed E-state index contributed by atoms with van der Waals surface area (Å²) in [6.07, 6.45) is 0. The zero-order valence-electron chi connectivity index (χ0n) is 19.6. The van der Waals surface area contributed by atoms with Gasteiger partial charge in [0.2, 0.25) is 11.9 Å². The van der Waals surface area contributed by atoms with Crippen LogP contribution in [0.3, 0.4) is 0 Å². The van der Waals surface area contributed by atoms with Crippen LogP contribution < -0.4 is 27.2 Å². The number of aromatic nitrogens is 4. The maximum absolute atomic E-state index is 13.3. The molecule has 3 rings (SSSR count). The molecule has 0 atom stereocenters. The molecule has 3 aromatic rings. The van der Waals surface area contributed by atoms with Crippen LogP contribution in [0, 0.1) is 11.8 Å². The molecular weight excluding hydrogens is 420 g/mol. The number of amides is 1. The van der Waals surface area contributed by atoms with Crippen molar-refractivity contribution in [2.75, 3.05) is 23.7 Å². The van der Waals surface area contributed by atoms with Gasteiger partial charge in [0, 0.05) is 25.7 Å². The van der Waals surface area contributed by atoms with E-state index in [4.69, 9.17) is 5.73 Å². The highest BCUT2D eigenvalue weighted by atomic mass is 16.2. The lowest BCUT2D eigenvalue weighted by atomic mass is 10.1. The summed E-state index contributed by atoms with van der Waals surface area (Å²) < 4.78 is 3.09. The van der Waals surface area contributed by atoms with Crippen LogP contribution in [0.2, 0.25) is 0 Å². The highest BCUT2D eigenvalue weighted by molar-refractivity contribution is 6.00. The summed E-state index contributed by atoms with van der Waals surface area (Å²) in [5.74, 6) is 6.31. The molecule has 10 heteroatoms. The van der Waals surface area contributed by atoms with E-state index in [0.717, 1.165) is 0 Å². The van der Waals surface area contributed by atoms with Crippen molar-refractivity contribution in [2.24, 2.45) is 12.8 Å². The van der Waals surface area contributed by atoms with E-state index in [-0.39, 0.29) is 23.1 Å². The Morgan fingerprint density at radius 1 is 1.18 bits per heavy atom. The second kappa shape index (κ2) is 9.75. The normalized spacial score (nSPS) is 11.1. The number of carbonyl (C=O) groups is 1. The van der Waals surface area contributed by atoms with E-state index in [2.05, 4.69) is 37.8 Å². The largest absolute Gasteiger partial charge is 0.354 e. The first-order valence-electron chi connectivity index (χ1n) is 10.7. The molecule has 0 fully saturated rings. The summed E-state index contributed by atoms with van der Waals surface area (Å²) >= 11 is 0. The number of hydrogen-bond donors (Lipinski definition) is 4. The molecule has 0 unspecified atom stereocenters. The lowest BCUT2D eigenvalue weighted by Crippen LogP contribution is -2.40. The van der Waals surface area contributed by atoms with Gasteiger partial charge in [-0.25, -0.2) is 0 Å². The Morgan fingerprint density at radius 2 is 1.88 bits per heavy atom. The SMILES string of the molecule is CC#CCn1c(NCCN)nc2nc(Nc3ccccc3C(=O)NC(C)(C)C)n(C)c(=O)c21. The maximum atomic E-state index is 13.3. The summed E-state index contributed by atoms with van der Waals surface area (Å²) in [4.78, 5) is 35.1. The molecule has 0 aliphatic rings. The second-order valence-electron chi connectivity index (χ2n) is 8.51. The highest BCUT2D eigenvalue weighted by Crippen LogP contribution is 2.22. The van der Waals surface area contributed by atoms with Gasteiger partial charge in [0.05, 0.1) is 17.8 Å². The Labute approximate surface area is 192 Å². The van der Waals surface area contributed by atoms with E-state index < -0.39 is 5.54 Å². The molecule has 5 N–H and O–H groups in total. The fourth-order valence-electron chi connectivity index (χ4n) is 3.22. The maximum Gasteiger partial charge on any atom is 0.281 e. The Balaban J connectivity index is 2.07. The number of nitrogens with zero attached hydrogens (tertiary/aromatic N) is 4. The third-order valence-electron chi connectivity index (χ3n) is 4.73. The third kappa shape index (κ3) is 5.32. The summed E-state index contributed by atoms with van der Waals surface area (Å²) in [6, 6.07) is 7.06. The van der Waals surface area contributed by atoms with E-state index in [1.807, 2.05) is 20.8 Å². The van der Waals surface area contributed by atoms with Crippen molar-refractivity contribution in [3.8, 4) is 11.8 Å². The van der Waals surface area contributed by atoms with Crippen LogP contribution in [0.15, 0.2) is 29.1 Å². The number of carbonyl (C=O) groups excluding carboxylic acids is 1. The Morgan fingerprint density at radius 3 is 2.55 bits per heavy atom. The minimum absolute atomic E-state index is 0.229. The topological polar surface area (TPSA) is 132 Å². The van der Waals surface area contributed by atoms with Crippen LogP contribution in [0.5, 0.6) is 0 Å². The van der Waals surface area contributed by atoms with Crippen LogP contribution in [-0.4, -0.2) is 43.6 Å². The predicted molar refractivity (Wildman–Crippen MR) is 131 cm³/mol.